The van der Waals surface area contributed by atoms with E-state index in [1.54, 1.807) is 47.7 Å². The number of rotatable bonds is 4. The van der Waals surface area contributed by atoms with Crippen molar-refractivity contribution in [2.45, 2.75) is 0 Å². The second-order valence-corrected chi connectivity index (χ2v) is 8.10. The highest BCUT2D eigenvalue weighted by atomic mass is 35.5. The molecule has 0 saturated carbocycles. The minimum atomic E-state index is 0.439. The smallest absolute Gasteiger partial charge is 0.137 e. The van der Waals surface area contributed by atoms with Gasteiger partial charge in [-0.05, 0) is 35.7 Å². The zero-order valence-electron chi connectivity index (χ0n) is 13.6. The molecule has 0 saturated heterocycles. The Bertz CT molecular complexity index is 1150. The average molecular weight is 429 g/mol. The predicted octanol–water partition coefficient (Wildman–Crippen LogP) is 7.50. The lowest BCUT2D eigenvalue weighted by molar-refractivity contribution is 0.572. The maximum atomic E-state index is 9.56. The number of hydrogen-bond donors (Lipinski definition) is 0. The Labute approximate surface area is 173 Å². The molecule has 3 heterocycles. The highest BCUT2D eigenvalue weighted by Gasteiger charge is 2.14. The summed E-state index contributed by atoms with van der Waals surface area (Å²) in [6.07, 6.45) is 1.67. The fraction of sp³-hybridized carbons (Fsp3) is 0. The summed E-state index contributed by atoms with van der Waals surface area (Å²) in [7, 11) is 0. The van der Waals surface area contributed by atoms with Gasteiger partial charge in [-0.3, -0.25) is 0 Å². The van der Waals surface area contributed by atoms with Crippen LogP contribution in [0.2, 0.25) is 10.0 Å². The summed E-state index contributed by atoms with van der Waals surface area (Å²) in [5.41, 5.74) is 1.94. The Morgan fingerprint density at radius 1 is 1.07 bits per heavy atom. The van der Waals surface area contributed by atoms with Crippen LogP contribution in [0, 0.1) is 11.3 Å². The number of nitrogens with zero attached hydrogens (tertiary/aromatic N) is 2. The summed E-state index contributed by atoms with van der Waals surface area (Å²) >= 11 is 15.5. The van der Waals surface area contributed by atoms with Crippen LogP contribution in [0.5, 0.6) is 0 Å². The summed E-state index contributed by atoms with van der Waals surface area (Å²) < 4.78 is 5.85. The van der Waals surface area contributed by atoms with Crippen molar-refractivity contribution >= 4 is 57.5 Å². The number of furan rings is 1. The van der Waals surface area contributed by atoms with E-state index in [4.69, 9.17) is 27.6 Å². The van der Waals surface area contributed by atoms with Gasteiger partial charge in [0, 0.05) is 11.5 Å². The number of halogens is 2. The topological polar surface area (TPSA) is 49.8 Å². The average Bonchev–Trinajstić information content (AvgIpc) is 3.40. The number of nitriles is 1. The SMILES string of the molecule is N#C/C(=C\c1ccc(-c2c(Cl)cccc2Cl)o1)c1nc(-c2cccs2)cs1. The maximum absolute atomic E-state index is 9.56. The number of allylic oxidation sites excluding steroid dienone is 1. The first-order valence-electron chi connectivity index (χ1n) is 7.81. The third-order valence-corrected chi connectivity index (χ3v) is 6.15. The third kappa shape index (κ3) is 3.71. The fourth-order valence-electron chi connectivity index (χ4n) is 2.52. The quantitative estimate of drug-likeness (QED) is 0.316. The van der Waals surface area contributed by atoms with Gasteiger partial charge in [-0.2, -0.15) is 5.26 Å². The van der Waals surface area contributed by atoms with Crippen LogP contribution in [-0.4, -0.2) is 4.98 Å². The molecule has 0 spiro atoms. The highest BCUT2D eigenvalue weighted by molar-refractivity contribution is 7.14. The van der Waals surface area contributed by atoms with E-state index in [-0.39, 0.29) is 0 Å². The lowest BCUT2D eigenvalue weighted by Crippen LogP contribution is -1.81. The van der Waals surface area contributed by atoms with Crippen molar-refractivity contribution in [1.82, 2.24) is 4.98 Å². The highest BCUT2D eigenvalue weighted by Crippen LogP contribution is 2.36. The Morgan fingerprint density at radius 3 is 2.59 bits per heavy atom. The molecule has 3 nitrogen and oxygen atoms in total. The molecular weight excluding hydrogens is 419 g/mol. The van der Waals surface area contributed by atoms with Crippen LogP contribution in [0.15, 0.2) is 57.6 Å². The summed E-state index contributed by atoms with van der Waals surface area (Å²) in [5.74, 6) is 1.08. The molecule has 0 bridgehead atoms. The second-order valence-electron chi connectivity index (χ2n) is 5.48. The van der Waals surface area contributed by atoms with Crippen LogP contribution in [0.3, 0.4) is 0 Å². The zero-order chi connectivity index (χ0) is 18.8. The van der Waals surface area contributed by atoms with E-state index in [1.807, 2.05) is 22.9 Å². The Balaban J connectivity index is 1.67. The molecule has 1 aromatic carbocycles. The van der Waals surface area contributed by atoms with Crippen molar-refractivity contribution in [3.05, 3.63) is 74.0 Å². The van der Waals surface area contributed by atoms with E-state index in [2.05, 4.69) is 11.1 Å². The van der Waals surface area contributed by atoms with Gasteiger partial charge in [0.15, 0.2) is 0 Å². The number of thiazole rings is 1. The predicted molar refractivity (Wildman–Crippen MR) is 113 cm³/mol. The molecule has 0 unspecified atom stereocenters. The molecule has 132 valence electrons. The fourth-order valence-corrected chi connectivity index (χ4v) is 4.65. The number of benzene rings is 1. The Hall–Kier alpha value is -2.36. The number of aromatic nitrogens is 1. The van der Waals surface area contributed by atoms with Crippen molar-refractivity contribution in [1.29, 1.82) is 5.26 Å². The monoisotopic (exact) mass is 428 g/mol. The molecule has 0 fully saturated rings. The maximum Gasteiger partial charge on any atom is 0.137 e. The van der Waals surface area contributed by atoms with Crippen molar-refractivity contribution in [2.75, 3.05) is 0 Å². The molecule has 27 heavy (non-hydrogen) atoms. The molecule has 0 aliphatic carbocycles. The van der Waals surface area contributed by atoms with E-state index in [1.165, 1.54) is 11.3 Å². The first kappa shape index (κ1) is 18.0. The minimum Gasteiger partial charge on any atom is -0.457 e. The lowest BCUT2D eigenvalue weighted by Gasteiger charge is -2.02. The van der Waals surface area contributed by atoms with E-state index < -0.39 is 0 Å². The van der Waals surface area contributed by atoms with Crippen LogP contribution in [0.4, 0.5) is 0 Å². The molecule has 0 amide bonds. The molecular formula is C20H10Cl2N2OS2. The van der Waals surface area contributed by atoms with Crippen LogP contribution in [0.1, 0.15) is 10.8 Å². The van der Waals surface area contributed by atoms with Gasteiger partial charge < -0.3 is 4.42 Å². The van der Waals surface area contributed by atoms with Gasteiger partial charge in [-0.25, -0.2) is 4.98 Å². The van der Waals surface area contributed by atoms with Gasteiger partial charge in [0.05, 0.1) is 31.8 Å². The third-order valence-electron chi connectivity index (χ3n) is 3.75. The zero-order valence-corrected chi connectivity index (χ0v) is 16.8. The second kappa shape index (κ2) is 7.71. The standard InChI is InChI=1S/C20H10Cl2N2OS2/c21-14-3-1-4-15(22)19(14)17-7-6-13(25-17)9-12(10-23)20-24-16(11-27-20)18-5-2-8-26-18/h1-9,11H/b12-9+. The van der Waals surface area contributed by atoms with Crippen molar-refractivity contribution < 1.29 is 4.42 Å². The molecule has 4 aromatic rings. The van der Waals surface area contributed by atoms with E-state index in [9.17, 15) is 5.26 Å². The molecule has 7 heteroatoms. The summed E-state index contributed by atoms with van der Waals surface area (Å²) in [4.78, 5) is 5.64. The molecule has 4 rings (SSSR count). The Morgan fingerprint density at radius 2 is 1.89 bits per heavy atom. The molecule has 0 atom stereocenters. The van der Waals surface area contributed by atoms with Crippen LogP contribution >= 0.6 is 45.9 Å². The first-order chi connectivity index (χ1) is 13.2. The van der Waals surface area contributed by atoms with Gasteiger partial charge in [-0.1, -0.05) is 35.3 Å². The van der Waals surface area contributed by atoms with Crippen molar-refractivity contribution in [3.63, 3.8) is 0 Å². The van der Waals surface area contributed by atoms with E-state index in [0.717, 1.165) is 10.6 Å². The minimum absolute atomic E-state index is 0.439. The number of hydrogen-bond acceptors (Lipinski definition) is 5. The summed E-state index contributed by atoms with van der Waals surface area (Å²) in [6, 6.07) is 15.0. The van der Waals surface area contributed by atoms with Crippen LogP contribution in [-0.2, 0) is 0 Å². The van der Waals surface area contributed by atoms with Gasteiger partial charge in [-0.15, -0.1) is 22.7 Å². The normalized spacial score (nSPS) is 11.5. The van der Waals surface area contributed by atoms with E-state index >= 15 is 0 Å². The van der Waals surface area contributed by atoms with Gasteiger partial charge in [0.1, 0.15) is 22.6 Å². The molecule has 3 aromatic heterocycles. The van der Waals surface area contributed by atoms with Crippen molar-refractivity contribution in [2.24, 2.45) is 0 Å². The van der Waals surface area contributed by atoms with Crippen molar-refractivity contribution in [3.8, 4) is 28.0 Å². The molecule has 0 N–H and O–H groups in total. The summed E-state index contributed by atoms with van der Waals surface area (Å²) in [5, 5.41) is 15.2. The largest absolute Gasteiger partial charge is 0.457 e. The van der Waals surface area contributed by atoms with Gasteiger partial charge in [0.25, 0.3) is 0 Å². The van der Waals surface area contributed by atoms with Gasteiger partial charge in [0.2, 0.25) is 0 Å². The molecule has 0 radical (unpaired) electrons. The lowest BCUT2D eigenvalue weighted by atomic mass is 10.2. The summed E-state index contributed by atoms with van der Waals surface area (Å²) in [6.45, 7) is 0. The first-order valence-corrected chi connectivity index (χ1v) is 10.3. The van der Waals surface area contributed by atoms with Gasteiger partial charge >= 0.3 is 0 Å². The Kier molecular flexibility index (Phi) is 5.15. The van der Waals surface area contributed by atoms with E-state index in [0.29, 0.717) is 37.7 Å². The molecule has 0 aliphatic heterocycles. The van der Waals surface area contributed by atoms with Crippen LogP contribution < -0.4 is 0 Å². The number of thiophene rings is 1. The molecule has 0 aliphatic rings. The van der Waals surface area contributed by atoms with Crippen LogP contribution in [0.25, 0.3) is 33.5 Å².